The van der Waals surface area contributed by atoms with Crippen LogP contribution in [0.2, 0.25) is 5.02 Å². The van der Waals surface area contributed by atoms with Crippen molar-refractivity contribution in [3.8, 4) is 5.75 Å². The summed E-state index contributed by atoms with van der Waals surface area (Å²) in [5, 5.41) is 0.171. The monoisotopic (exact) mass is 316 g/mol. The van der Waals surface area contributed by atoms with Crippen molar-refractivity contribution in [2.45, 2.75) is 31.7 Å². The first-order chi connectivity index (χ1) is 8.58. The zero-order valence-electron chi connectivity index (χ0n) is 10.2. The Morgan fingerprint density at radius 1 is 1.37 bits per heavy atom. The van der Waals surface area contributed by atoms with E-state index in [1.54, 1.807) is 0 Å². The van der Waals surface area contributed by atoms with E-state index in [9.17, 15) is 21.6 Å². The lowest BCUT2D eigenvalue weighted by molar-refractivity contribution is -0.0500. The van der Waals surface area contributed by atoms with Crippen molar-refractivity contribution in [2.75, 3.05) is 0 Å². The smallest absolute Gasteiger partial charge is 0.376 e. The maximum atomic E-state index is 12.1. The third-order valence-electron chi connectivity index (χ3n) is 2.60. The Hall–Kier alpha value is -0.950. The topological polar surface area (TPSA) is 43.4 Å². The largest absolute Gasteiger partial charge is 0.534 e. The summed E-state index contributed by atoms with van der Waals surface area (Å²) in [6, 6.07) is 3.67. The summed E-state index contributed by atoms with van der Waals surface area (Å²) < 4.78 is 62.0. The predicted molar refractivity (Wildman–Crippen MR) is 65.8 cm³/mol. The third kappa shape index (κ3) is 3.76. The summed E-state index contributed by atoms with van der Waals surface area (Å²) in [5.74, 6) is -0.352. The molecule has 0 heterocycles. The third-order valence-corrected chi connectivity index (χ3v) is 3.91. The fraction of sp³-hybridized carbons (Fsp3) is 0.455. The van der Waals surface area contributed by atoms with E-state index in [1.807, 2.05) is 13.8 Å². The number of alkyl halides is 3. The highest BCUT2D eigenvalue weighted by Crippen LogP contribution is 2.32. The molecule has 1 aromatic carbocycles. The molecule has 1 atom stereocenters. The molecule has 3 nitrogen and oxygen atoms in total. The van der Waals surface area contributed by atoms with Crippen LogP contribution in [-0.4, -0.2) is 13.9 Å². The molecule has 1 rings (SSSR count). The minimum atomic E-state index is -5.66. The molecule has 0 fully saturated rings. The Morgan fingerprint density at radius 2 is 1.95 bits per heavy atom. The van der Waals surface area contributed by atoms with Gasteiger partial charge < -0.3 is 4.18 Å². The molecule has 1 unspecified atom stereocenters. The van der Waals surface area contributed by atoms with E-state index in [-0.39, 0.29) is 10.9 Å². The van der Waals surface area contributed by atoms with Gasteiger partial charge in [0.25, 0.3) is 0 Å². The molecule has 0 aliphatic rings. The van der Waals surface area contributed by atoms with E-state index in [0.717, 1.165) is 24.1 Å². The maximum Gasteiger partial charge on any atom is 0.534 e. The fourth-order valence-electron chi connectivity index (χ4n) is 1.35. The van der Waals surface area contributed by atoms with Crippen molar-refractivity contribution in [1.82, 2.24) is 0 Å². The Morgan fingerprint density at radius 3 is 2.37 bits per heavy atom. The van der Waals surface area contributed by atoms with Gasteiger partial charge in [0.2, 0.25) is 0 Å². The van der Waals surface area contributed by atoms with Crippen molar-refractivity contribution >= 4 is 21.7 Å². The van der Waals surface area contributed by atoms with E-state index < -0.39 is 21.4 Å². The molecular formula is C11H12ClF3O3S. The van der Waals surface area contributed by atoms with Crippen LogP contribution in [0.15, 0.2) is 18.2 Å². The zero-order valence-corrected chi connectivity index (χ0v) is 11.7. The van der Waals surface area contributed by atoms with Crippen LogP contribution >= 0.6 is 11.6 Å². The van der Waals surface area contributed by atoms with Gasteiger partial charge in [-0.2, -0.15) is 21.6 Å². The van der Waals surface area contributed by atoms with Crippen LogP contribution in [0.4, 0.5) is 13.2 Å². The lowest BCUT2D eigenvalue weighted by Gasteiger charge is -2.13. The van der Waals surface area contributed by atoms with Gasteiger partial charge in [-0.15, -0.1) is 0 Å². The summed E-state index contributed by atoms with van der Waals surface area (Å²) >= 11 is 5.89. The Balaban J connectivity index is 3.04. The van der Waals surface area contributed by atoms with E-state index in [1.165, 1.54) is 6.07 Å². The molecule has 108 valence electrons. The molecule has 0 radical (unpaired) electrons. The Kier molecular flexibility index (Phi) is 4.73. The van der Waals surface area contributed by atoms with Crippen molar-refractivity contribution in [1.29, 1.82) is 0 Å². The molecule has 19 heavy (non-hydrogen) atoms. The zero-order chi connectivity index (χ0) is 14.8. The highest BCUT2D eigenvalue weighted by Gasteiger charge is 2.48. The molecule has 8 heteroatoms. The first kappa shape index (κ1) is 16.1. The van der Waals surface area contributed by atoms with Crippen LogP contribution in [0.5, 0.6) is 5.75 Å². The van der Waals surface area contributed by atoms with Crippen molar-refractivity contribution in [3.63, 3.8) is 0 Å². The van der Waals surface area contributed by atoms with Gasteiger partial charge in [0.1, 0.15) is 5.75 Å². The van der Waals surface area contributed by atoms with Gasteiger partial charge in [0, 0.05) is 11.1 Å². The van der Waals surface area contributed by atoms with Crippen LogP contribution in [0.25, 0.3) is 0 Å². The van der Waals surface area contributed by atoms with Crippen molar-refractivity contribution in [2.24, 2.45) is 0 Å². The van der Waals surface area contributed by atoms with Crippen LogP contribution in [0, 0.1) is 0 Å². The van der Waals surface area contributed by atoms with Gasteiger partial charge in [-0.05, 0) is 24.0 Å². The summed E-state index contributed by atoms with van der Waals surface area (Å²) in [7, 11) is -5.66. The van der Waals surface area contributed by atoms with Crippen molar-refractivity contribution in [3.05, 3.63) is 28.8 Å². The first-order valence-corrected chi connectivity index (χ1v) is 7.17. The van der Waals surface area contributed by atoms with Gasteiger partial charge in [-0.3, -0.25) is 0 Å². The van der Waals surface area contributed by atoms with Crippen LogP contribution < -0.4 is 4.18 Å². The number of hydrogen-bond donors (Lipinski definition) is 0. The van der Waals surface area contributed by atoms with E-state index >= 15 is 0 Å². The lowest BCUT2D eigenvalue weighted by Crippen LogP contribution is -2.28. The maximum absolute atomic E-state index is 12.1. The van der Waals surface area contributed by atoms with Crippen LogP contribution in [0.3, 0.4) is 0 Å². The number of hydrogen-bond acceptors (Lipinski definition) is 3. The van der Waals surface area contributed by atoms with Gasteiger partial charge in [-0.25, -0.2) is 0 Å². The molecule has 0 N–H and O–H groups in total. The van der Waals surface area contributed by atoms with E-state index in [4.69, 9.17) is 11.6 Å². The molecule has 0 spiro atoms. The molecule has 1 aromatic rings. The molecule has 0 aliphatic heterocycles. The second-order valence-corrected chi connectivity index (χ2v) is 5.92. The minimum absolute atomic E-state index is 0.112. The molecule has 0 aromatic heterocycles. The van der Waals surface area contributed by atoms with Gasteiger partial charge in [-0.1, -0.05) is 31.5 Å². The molecular weight excluding hydrogens is 305 g/mol. The Bertz CT molecular complexity index is 555. The SMILES string of the molecule is CCC(C)c1ccc(OS(=O)(=O)C(F)(F)F)cc1Cl. The second kappa shape index (κ2) is 5.58. The summed E-state index contributed by atoms with van der Waals surface area (Å²) in [5.41, 5.74) is -4.74. The first-order valence-electron chi connectivity index (χ1n) is 5.38. The highest BCUT2D eigenvalue weighted by molar-refractivity contribution is 7.88. The molecule has 0 amide bonds. The second-order valence-electron chi connectivity index (χ2n) is 3.98. The van der Waals surface area contributed by atoms with Crippen LogP contribution in [-0.2, 0) is 10.1 Å². The summed E-state index contributed by atoms with van der Waals surface area (Å²) in [6.45, 7) is 3.83. The summed E-state index contributed by atoms with van der Waals surface area (Å²) in [4.78, 5) is 0. The quantitative estimate of drug-likeness (QED) is 0.621. The van der Waals surface area contributed by atoms with E-state index in [0.29, 0.717) is 0 Å². The number of halogens is 4. The molecule has 0 bridgehead atoms. The molecule has 0 saturated heterocycles. The van der Waals surface area contributed by atoms with Crippen molar-refractivity contribution < 1.29 is 25.8 Å². The fourth-order valence-corrected chi connectivity index (χ4v) is 2.16. The Labute approximate surface area is 114 Å². The number of benzene rings is 1. The number of rotatable bonds is 4. The predicted octanol–water partition coefficient (Wildman–Crippen LogP) is 4.08. The average Bonchev–Trinajstić information content (AvgIpc) is 2.26. The van der Waals surface area contributed by atoms with Gasteiger partial charge >= 0.3 is 15.6 Å². The van der Waals surface area contributed by atoms with Gasteiger partial charge in [0.15, 0.2) is 0 Å². The molecule has 0 aliphatic carbocycles. The van der Waals surface area contributed by atoms with Crippen LogP contribution in [0.1, 0.15) is 31.7 Å². The summed E-state index contributed by atoms with van der Waals surface area (Å²) in [6.07, 6.45) is 0.792. The highest BCUT2D eigenvalue weighted by atomic mass is 35.5. The normalized spacial score (nSPS) is 14.2. The molecule has 0 saturated carbocycles. The minimum Gasteiger partial charge on any atom is -0.376 e. The van der Waals surface area contributed by atoms with Gasteiger partial charge in [0.05, 0.1) is 0 Å². The lowest BCUT2D eigenvalue weighted by atomic mass is 9.99. The average molecular weight is 317 g/mol. The van der Waals surface area contributed by atoms with E-state index in [2.05, 4.69) is 4.18 Å². The standard InChI is InChI=1S/C11H12ClF3O3S/c1-3-7(2)9-5-4-8(6-10(9)12)18-19(16,17)11(13,14)15/h4-7H,3H2,1-2H3.